The number of hydrogen-bond donors (Lipinski definition) is 4. The summed E-state index contributed by atoms with van der Waals surface area (Å²) in [6, 6.07) is 3.02. The van der Waals surface area contributed by atoms with Gasteiger partial charge in [0.05, 0.1) is 23.9 Å². The van der Waals surface area contributed by atoms with E-state index in [2.05, 4.69) is 9.64 Å². The van der Waals surface area contributed by atoms with Crippen molar-refractivity contribution in [2.75, 3.05) is 13.6 Å². The van der Waals surface area contributed by atoms with Gasteiger partial charge in [0.15, 0.2) is 23.7 Å². The molecule has 1 aromatic carbocycles. The third kappa shape index (κ3) is 5.40. The molecule has 1 aromatic rings. The molecule has 7 atom stereocenters. The van der Waals surface area contributed by atoms with Crippen LogP contribution in [-0.4, -0.2) is 111 Å². The molecule has 248 valence electrons. The second kappa shape index (κ2) is 11.9. The fourth-order valence-corrected chi connectivity index (χ4v) is 7.01. The highest BCUT2D eigenvalue weighted by molar-refractivity contribution is 5.88. The third-order valence-corrected chi connectivity index (χ3v) is 9.03. The molecule has 0 unspecified atom stereocenters. The second-order valence-electron chi connectivity index (χ2n) is 11.8. The standard InChI is InChI=1S/C30H33NO15/c1-13(27(39)45-18(26(37)38)11-21(34)35)42-28(40)19(43-14(2)32)12-22(36)44-17-6-7-30(41)20-10-15-4-5-16(33)24-23(15)29(30,25(17)46-24)8-9-31(20)3/h4-6,13,18-20,25,33,41H,7-12H2,1-3H3,(H,34,35)(H,37,38)/t13-,18+,19-,20+,25-,29-,30+/m0/s1. The van der Waals surface area contributed by atoms with Crippen molar-refractivity contribution in [3.63, 3.8) is 0 Å². The van der Waals surface area contributed by atoms with Crippen LogP contribution in [0.1, 0.15) is 50.7 Å². The Morgan fingerprint density at radius 2 is 1.76 bits per heavy atom. The third-order valence-electron chi connectivity index (χ3n) is 9.03. The number of carboxylic acids is 2. The van der Waals surface area contributed by atoms with Crippen LogP contribution in [-0.2, 0) is 59.6 Å². The molecule has 46 heavy (non-hydrogen) atoms. The molecule has 2 heterocycles. The summed E-state index contributed by atoms with van der Waals surface area (Å²) in [5.41, 5.74) is -0.797. The van der Waals surface area contributed by atoms with Crippen molar-refractivity contribution in [2.45, 2.75) is 87.4 Å². The zero-order valence-corrected chi connectivity index (χ0v) is 25.1. The van der Waals surface area contributed by atoms with Crippen molar-refractivity contribution in [1.29, 1.82) is 0 Å². The lowest BCUT2D eigenvalue weighted by Crippen LogP contribution is -2.74. The summed E-state index contributed by atoms with van der Waals surface area (Å²) >= 11 is 0. The van der Waals surface area contributed by atoms with Gasteiger partial charge in [0.1, 0.15) is 5.76 Å². The SMILES string of the molecule is CC(=O)O[C@@H](CC(=O)OC1=CC[C@@]2(O)[C@H]3Cc4ccc(O)c5c4[C@@]2(CCN3C)[C@H]1O5)C(=O)O[C@@H](C)C(=O)O[C@H](CC(=O)O)C(=O)O. The minimum absolute atomic E-state index is 0.0338. The minimum Gasteiger partial charge on any atom is -0.504 e. The van der Waals surface area contributed by atoms with Gasteiger partial charge >= 0.3 is 35.8 Å². The summed E-state index contributed by atoms with van der Waals surface area (Å²) in [4.78, 5) is 74.2. The van der Waals surface area contributed by atoms with Gasteiger partial charge in [0.2, 0.25) is 12.2 Å². The zero-order chi connectivity index (χ0) is 33.7. The van der Waals surface area contributed by atoms with Crippen LogP contribution in [0.3, 0.4) is 0 Å². The number of nitrogens with zero attached hydrogens (tertiary/aromatic N) is 1. The molecular formula is C30H33NO15. The average molecular weight is 648 g/mol. The number of likely N-dealkylation sites (tertiary alicyclic amines) is 1. The molecule has 0 radical (unpaired) electrons. The number of esters is 4. The van der Waals surface area contributed by atoms with Crippen LogP contribution in [0.5, 0.6) is 11.5 Å². The molecule has 0 amide bonds. The Hall–Kier alpha value is -4.70. The molecule has 16 nitrogen and oxygen atoms in total. The van der Waals surface area contributed by atoms with E-state index in [1.165, 1.54) is 12.1 Å². The number of phenolic OH excluding ortho intramolecular Hbond substituents is 1. The lowest BCUT2D eigenvalue weighted by molar-refractivity contribution is -0.184. The normalized spacial score (nSPS) is 27.4. The number of likely N-dealkylation sites (N-methyl/N-ethyl adjacent to an activating group) is 1. The van der Waals surface area contributed by atoms with Gasteiger partial charge in [-0.05, 0) is 51.1 Å². The van der Waals surface area contributed by atoms with Crippen LogP contribution in [0, 0.1) is 0 Å². The van der Waals surface area contributed by atoms with Crippen molar-refractivity contribution < 1.29 is 72.9 Å². The fraction of sp³-hybridized carbons (Fsp3) is 0.533. The summed E-state index contributed by atoms with van der Waals surface area (Å²) in [5, 5.41) is 40.8. The molecule has 1 fully saturated rings. The number of ether oxygens (including phenoxy) is 5. The summed E-state index contributed by atoms with van der Waals surface area (Å²) in [5.74, 6) is -7.98. The van der Waals surface area contributed by atoms with Crippen molar-refractivity contribution in [3.05, 3.63) is 35.1 Å². The van der Waals surface area contributed by atoms with Gasteiger partial charge in [-0.3, -0.25) is 14.4 Å². The van der Waals surface area contributed by atoms with E-state index in [-0.39, 0.29) is 29.7 Å². The molecule has 4 aliphatic rings. The number of carbonyl (C=O) groups excluding carboxylic acids is 4. The van der Waals surface area contributed by atoms with E-state index in [0.29, 0.717) is 24.9 Å². The summed E-state index contributed by atoms with van der Waals surface area (Å²) in [6.45, 7) is 2.56. The molecule has 2 aliphatic carbocycles. The number of aliphatic hydroxyl groups is 1. The van der Waals surface area contributed by atoms with Crippen LogP contribution in [0.4, 0.5) is 0 Å². The molecule has 1 saturated heterocycles. The van der Waals surface area contributed by atoms with Gasteiger partial charge in [0, 0.05) is 24.9 Å². The smallest absolute Gasteiger partial charge is 0.348 e. The Bertz CT molecular complexity index is 1540. The zero-order valence-electron chi connectivity index (χ0n) is 25.1. The Morgan fingerprint density at radius 1 is 1.04 bits per heavy atom. The Balaban J connectivity index is 1.32. The molecular weight excluding hydrogens is 614 g/mol. The summed E-state index contributed by atoms with van der Waals surface area (Å²) in [6.07, 6.45) is -6.09. The van der Waals surface area contributed by atoms with Crippen molar-refractivity contribution in [2.24, 2.45) is 0 Å². The van der Waals surface area contributed by atoms with Gasteiger partial charge in [-0.1, -0.05) is 6.07 Å². The lowest BCUT2D eigenvalue weighted by atomic mass is 9.50. The quantitative estimate of drug-likeness (QED) is 0.182. The first-order valence-corrected chi connectivity index (χ1v) is 14.5. The van der Waals surface area contributed by atoms with Gasteiger partial charge in [-0.15, -0.1) is 0 Å². The minimum atomic E-state index is -2.06. The van der Waals surface area contributed by atoms with Gasteiger partial charge < -0.3 is 49.0 Å². The number of phenols is 1. The van der Waals surface area contributed by atoms with Crippen LogP contribution in [0.15, 0.2) is 24.0 Å². The van der Waals surface area contributed by atoms with E-state index in [9.17, 15) is 39.0 Å². The Morgan fingerprint density at radius 3 is 2.41 bits per heavy atom. The summed E-state index contributed by atoms with van der Waals surface area (Å²) < 4.78 is 26.4. The van der Waals surface area contributed by atoms with Gasteiger partial charge in [-0.2, -0.15) is 0 Å². The molecule has 4 N–H and O–H groups in total. The molecule has 1 spiro atoms. The van der Waals surface area contributed by atoms with Crippen LogP contribution in [0.2, 0.25) is 0 Å². The maximum atomic E-state index is 13.2. The van der Waals surface area contributed by atoms with Crippen LogP contribution >= 0.6 is 0 Å². The number of hydrogen-bond acceptors (Lipinski definition) is 14. The van der Waals surface area contributed by atoms with E-state index in [1.807, 2.05) is 7.05 Å². The number of carbonyl (C=O) groups is 6. The predicted molar refractivity (Wildman–Crippen MR) is 148 cm³/mol. The molecule has 2 aliphatic heterocycles. The first-order chi connectivity index (χ1) is 21.6. The van der Waals surface area contributed by atoms with Crippen molar-refractivity contribution >= 4 is 35.8 Å². The number of benzene rings is 1. The van der Waals surface area contributed by atoms with E-state index >= 15 is 0 Å². The molecule has 16 heteroatoms. The number of piperidine rings is 1. The average Bonchev–Trinajstić information content (AvgIpc) is 3.32. The second-order valence-corrected chi connectivity index (χ2v) is 11.8. The van der Waals surface area contributed by atoms with E-state index in [4.69, 9.17) is 29.2 Å². The molecule has 0 saturated carbocycles. The van der Waals surface area contributed by atoms with Crippen molar-refractivity contribution in [1.82, 2.24) is 4.90 Å². The van der Waals surface area contributed by atoms with Crippen LogP contribution in [0.25, 0.3) is 0 Å². The lowest BCUT2D eigenvalue weighted by Gasteiger charge is -2.61. The largest absolute Gasteiger partial charge is 0.504 e. The fourth-order valence-electron chi connectivity index (χ4n) is 7.01. The predicted octanol–water partition coefficient (Wildman–Crippen LogP) is -0.0623. The number of carboxylic acid groups (broad SMARTS) is 2. The first-order valence-electron chi connectivity index (χ1n) is 14.5. The molecule has 5 rings (SSSR count). The van der Waals surface area contributed by atoms with E-state index < -0.39 is 84.1 Å². The van der Waals surface area contributed by atoms with E-state index in [1.54, 1.807) is 6.07 Å². The molecule has 2 bridgehead atoms. The highest BCUT2D eigenvalue weighted by atomic mass is 16.6. The molecule has 0 aromatic heterocycles. The Labute approximate surface area is 261 Å². The van der Waals surface area contributed by atoms with Gasteiger partial charge in [-0.25, -0.2) is 14.4 Å². The number of aromatic hydroxyl groups is 1. The highest BCUT2D eigenvalue weighted by Crippen LogP contribution is 2.65. The number of aliphatic carboxylic acids is 2. The summed E-state index contributed by atoms with van der Waals surface area (Å²) in [7, 11) is 1.92. The van der Waals surface area contributed by atoms with Crippen molar-refractivity contribution in [3.8, 4) is 11.5 Å². The van der Waals surface area contributed by atoms with E-state index in [0.717, 1.165) is 19.4 Å². The topological polar surface area (TPSA) is 233 Å². The van der Waals surface area contributed by atoms with Crippen LogP contribution < -0.4 is 4.74 Å². The highest BCUT2D eigenvalue weighted by Gasteiger charge is 2.72. The Kier molecular flexibility index (Phi) is 8.46. The number of rotatable bonds is 11. The van der Waals surface area contributed by atoms with Gasteiger partial charge in [0.25, 0.3) is 0 Å². The first kappa shape index (κ1) is 32.7. The maximum Gasteiger partial charge on any atom is 0.348 e. The monoisotopic (exact) mass is 647 g/mol. The maximum absolute atomic E-state index is 13.2.